The molecule has 5 nitrogen and oxygen atoms in total. The molecule has 1 aromatic rings. The Bertz CT molecular complexity index is 466. The van der Waals surface area contributed by atoms with Gasteiger partial charge in [-0.3, -0.25) is 4.79 Å². The fourth-order valence-electron chi connectivity index (χ4n) is 1.28. The minimum atomic E-state index is -1.04. The molecular formula is C11H12Br2N2O3. The summed E-state index contributed by atoms with van der Waals surface area (Å²) in [6.07, 6.45) is 0. The molecule has 0 aliphatic rings. The summed E-state index contributed by atoms with van der Waals surface area (Å²) in [5.41, 5.74) is 0.582. The third kappa shape index (κ3) is 4.30. The van der Waals surface area contributed by atoms with E-state index in [2.05, 4.69) is 37.2 Å². The van der Waals surface area contributed by atoms with E-state index in [0.29, 0.717) is 12.2 Å². The van der Waals surface area contributed by atoms with E-state index in [1.807, 2.05) is 6.07 Å². The van der Waals surface area contributed by atoms with Crippen LogP contribution in [0.1, 0.15) is 6.92 Å². The minimum absolute atomic E-state index is 0.323. The average molecular weight is 380 g/mol. The highest BCUT2D eigenvalue weighted by Gasteiger charge is 2.15. The number of benzene rings is 1. The Balaban J connectivity index is 2.79. The number of carboxylic acid groups (broad SMARTS) is 1. The van der Waals surface area contributed by atoms with Gasteiger partial charge in [0.05, 0.1) is 5.69 Å². The number of likely N-dealkylation sites (N-methyl/N-ethyl adjacent to an activating group) is 1. The number of urea groups is 1. The third-order valence-electron chi connectivity index (χ3n) is 2.17. The molecular weight excluding hydrogens is 368 g/mol. The molecule has 7 heteroatoms. The lowest BCUT2D eigenvalue weighted by Gasteiger charge is -2.19. The van der Waals surface area contributed by atoms with Crippen LogP contribution in [-0.2, 0) is 4.79 Å². The van der Waals surface area contributed by atoms with Crippen LogP contribution in [0.2, 0.25) is 0 Å². The van der Waals surface area contributed by atoms with Gasteiger partial charge in [0, 0.05) is 15.5 Å². The van der Waals surface area contributed by atoms with Gasteiger partial charge in [-0.05, 0) is 41.1 Å². The van der Waals surface area contributed by atoms with Crippen molar-refractivity contribution in [3.63, 3.8) is 0 Å². The quantitative estimate of drug-likeness (QED) is 0.844. The van der Waals surface area contributed by atoms with Gasteiger partial charge in [0.25, 0.3) is 0 Å². The molecule has 0 fully saturated rings. The number of aliphatic carboxylic acids is 1. The number of nitrogens with one attached hydrogen (secondary N) is 1. The average Bonchev–Trinajstić information content (AvgIpc) is 2.30. The van der Waals surface area contributed by atoms with E-state index >= 15 is 0 Å². The van der Waals surface area contributed by atoms with E-state index in [1.165, 1.54) is 4.90 Å². The normalized spacial score (nSPS) is 9.94. The first-order valence-corrected chi connectivity index (χ1v) is 6.75. The summed E-state index contributed by atoms with van der Waals surface area (Å²) >= 11 is 6.61. The second-order valence-corrected chi connectivity index (χ2v) is 5.23. The molecule has 0 radical (unpaired) electrons. The molecule has 98 valence electrons. The lowest BCUT2D eigenvalue weighted by molar-refractivity contribution is -0.137. The number of carboxylic acids is 1. The highest BCUT2D eigenvalue weighted by Crippen LogP contribution is 2.26. The second-order valence-electron chi connectivity index (χ2n) is 3.46. The number of carbonyl (C=O) groups is 2. The third-order valence-corrected chi connectivity index (χ3v) is 3.35. The molecule has 0 bridgehead atoms. The molecule has 0 atom stereocenters. The zero-order valence-corrected chi connectivity index (χ0v) is 12.8. The SMILES string of the molecule is CCN(CC(=O)O)C(=O)Nc1cc(Br)ccc1Br. The number of halogens is 2. The standard InChI is InChI=1S/C11H12Br2N2O3/c1-2-15(6-10(16)17)11(18)14-9-5-7(12)3-4-8(9)13/h3-5H,2,6H2,1H3,(H,14,18)(H,16,17). The Hall–Kier alpha value is -1.08. The summed E-state index contributed by atoms with van der Waals surface area (Å²) in [5.74, 6) is -1.04. The Kier molecular flexibility index (Phi) is 5.61. The number of rotatable bonds is 4. The predicted molar refractivity (Wildman–Crippen MR) is 75.7 cm³/mol. The molecule has 0 unspecified atom stereocenters. The summed E-state index contributed by atoms with van der Waals surface area (Å²) in [5, 5.41) is 11.3. The molecule has 0 aromatic heterocycles. The van der Waals surface area contributed by atoms with Gasteiger partial charge in [-0.15, -0.1) is 0 Å². The summed E-state index contributed by atoms with van der Waals surface area (Å²) in [6.45, 7) is 1.72. The fourth-order valence-corrected chi connectivity index (χ4v) is 1.98. The van der Waals surface area contributed by atoms with E-state index in [-0.39, 0.29) is 6.54 Å². The van der Waals surface area contributed by atoms with Crippen LogP contribution in [0.5, 0.6) is 0 Å². The Morgan fingerprint density at radius 1 is 1.39 bits per heavy atom. The van der Waals surface area contributed by atoms with Crippen LogP contribution in [0, 0.1) is 0 Å². The molecule has 2 N–H and O–H groups in total. The Morgan fingerprint density at radius 2 is 2.06 bits per heavy atom. The first-order chi connectivity index (χ1) is 8.43. The molecule has 1 rings (SSSR count). The van der Waals surface area contributed by atoms with Gasteiger partial charge in [-0.25, -0.2) is 4.79 Å². The zero-order valence-electron chi connectivity index (χ0n) is 9.61. The molecule has 1 aromatic carbocycles. The van der Waals surface area contributed by atoms with Crippen molar-refractivity contribution in [2.24, 2.45) is 0 Å². The summed E-state index contributed by atoms with van der Waals surface area (Å²) in [4.78, 5) is 23.7. The number of carbonyl (C=O) groups excluding carboxylic acids is 1. The first kappa shape index (κ1) is 15.0. The first-order valence-electron chi connectivity index (χ1n) is 5.16. The van der Waals surface area contributed by atoms with E-state index in [1.54, 1.807) is 19.1 Å². The van der Waals surface area contributed by atoms with Crippen LogP contribution in [0.3, 0.4) is 0 Å². The van der Waals surface area contributed by atoms with E-state index in [4.69, 9.17) is 5.11 Å². The van der Waals surface area contributed by atoms with Crippen LogP contribution >= 0.6 is 31.9 Å². The monoisotopic (exact) mass is 378 g/mol. The molecule has 0 aliphatic carbocycles. The van der Waals surface area contributed by atoms with Gasteiger partial charge < -0.3 is 15.3 Å². The maximum Gasteiger partial charge on any atom is 0.323 e. The second kappa shape index (κ2) is 6.75. The van der Waals surface area contributed by atoms with Gasteiger partial charge in [0.15, 0.2) is 0 Å². The van der Waals surface area contributed by atoms with Gasteiger partial charge in [-0.2, -0.15) is 0 Å². The van der Waals surface area contributed by atoms with Gasteiger partial charge in [-0.1, -0.05) is 15.9 Å². The topological polar surface area (TPSA) is 69.6 Å². The van der Waals surface area contributed by atoms with Crippen molar-refractivity contribution < 1.29 is 14.7 Å². The smallest absolute Gasteiger partial charge is 0.323 e. The number of anilines is 1. The fraction of sp³-hybridized carbons (Fsp3) is 0.273. The van der Waals surface area contributed by atoms with Gasteiger partial charge in [0.1, 0.15) is 6.54 Å². The number of hydrogen-bond donors (Lipinski definition) is 2. The molecule has 2 amide bonds. The molecule has 0 aliphatic heterocycles. The maximum absolute atomic E-state index is 11.9. The highest BCUT2D eigenvalue weighted by molar-refractivity contribution is 9.11. The van der Waals surface area contributed by atoms with E-state index in [0.717, 1.165) is 8.95 Å². The van der Waals surface area contributed by atoms with Crippen LogP contribution in [0.15, 0.2) is 27.1 Å². The van der Waals surface area contributed by atoms with Gasteiger partial charge in [0.2, 0.25) is 0 Å². The number of hydrogen-bond acceptors (Lipinski definition) is 2. The van der Waals surface area contributed by atoms with E-state index in [9.17, 15) is 9.59 Å². The van der Waals surface area contributed by atoms with Crippen LogP contribution < -0.4 is 5.32 Å². The molecule has 0 heterocycles. The minimum Gasteiger partial charge on any atom is -0.480 e. The molecule has 0 saturated heterocycles. The maximum atomic E-state index is 11.9. The molecule has 18 heavy (non-hydrogen) atoms. The van der Waals surface area contributed by atoms with Crippen LogP contribution in [0.25, 0.3) is 0 Å². The van der Waals surface area contributed by atoms with Crippen molar-refractivity contribution >= 4 is 49.5 Å². The van der Waals surface area contributed by atoms with Crippen molar-refractivity contribution in [3.8, 4) is 0 Å². The highest BCUT2D eigenvalue weighted by atomic mass is 79.9. The summed E-state index contributed by atoms with van der Waals surface area (Å²) in [6, 6.07) is 4.90. The Labute approximate surface area is 121 Å². The number of amides is 2. The summed E-state index contributed by atoms with van der Waals surface area (Å²) < 4.78 is 1.55. The van der Waals surface area contributed by atoms with Crippen molar-refractivity contribution in [2.75, 3.05) is 18.4 Å². The van der Waals surface area contributed by atoms with Crippen molar-refractivity contribution in [2.45, 2.75) is 6.92 Å². The Morgan fingerprint density at radius 3 is 2.61 bits per heavy atom. The molecule has 0 spiro atoms. The number of nitrogens with zero attached hydrogens (tertiary/aromatic N) is 1. The van der Waals surface area contributed by atoms with Crippen molar-refractivity contribution in [3.05, 3.63) is 27.1 Å². The van der Waals surface area contributed by atoms with Crippen LogP contribution in [0.4, 0.5) is 10.5 Å². The lowest BCUT2D eigenvalue weighted by atomic mass is 10.3. The van der Waals surface area contributed by atoms with Crippen LogP contribution in [-0.4, -0.2) is 35.1 Å². The van der Waals surface area contributed by atoms with Crippen molar-refractivity contribution in [1.29, 1.82) is 0 Å². The molecule has 0 saturated carbocycles. The lowest BCUT2D eigenvalue weighted by Crippen LogP contribution is -2.38. The zero-order chi connectivity index (χ0) is 13.7. The van der Waals surface area contributed by atoms with Crippen molar-refractivity contribution in [1.82, 2.24) is 4.90 Å². The predicted octanol–water partition coefficient (Wildman–Crippen LogP) is 3.15. The largest absolute Gasteiger partial charge is 0.480 e. The van der Waals surface area contributed by atoms with Gasteiger partial charge >= 0.3 is 12.0 Å². The van der Waals surface area contributed by atoms with E-state index < -0.39 is 12.0 Å². The summed E-state index contributed by atoms with van der Waals surface area (Å²) in [7, 11) is 0.